The van der Waals surface area contributed by atoms with Crippen molar-refractivity contribution in [3.63, 3.8) is 0 Å². The average molecular weight is 181 g/mol. The van der Waals surface area contributed by atoms with E-state index in [9.17, 15) is 5.11 Å². The van der Waals surface area contributed by atoms with E-state index in [-0.39, 0.29) is 12.2 Å². The first-order chi connectivity index (χ1) is 4.77. The number of ether oxygens (including phenoxy) is 1. The highest BCUT2D eigenvalue weighted by atomic mass is 35.5. The first-order valence-electron chi connectivity index (χ1n) is 3.82. The van der Waals surface area contributed by atoms with Gasteiger partial charge in [0.25, 0.3) is 0 Å². The predicted molar refractivity (Wildman–Crippen MR) is 46.8 cm³/mol. The fraction of sp³-hybridized carbons (Fsp3) is 1.00. The standard InChI is InChI=1S/C8H17ClO2/c1-5-8(9,10)6-11-7(2,3)4/h10H,5-6H2,1-4H3. The molecule has 2 nitrogen and oxygen atoms in total. The van der Waals surface area contributed by atoms with Crippen molar-refractivity contribution in [3.05, 3.63) is 0 Å². The summed E-state index contributed by atoms with van der Waals surface area (Å²) in [5.41, 5.74) is -0.238. The van der Waals surface area contributed by atoms with E-state index < -0.39 is 5.06 Å². The van der Waals surface area contributed by atoms with E-state index in [1.807, 2.05) is 27.7 Å². The Labute approximate surface area is 73.5 Å². The number of aliphatic hydroxyl groups is 1. The Bertz CT molecular complexity index is 116. The number of hydrogen-bond donors (Lipinski definition) is 1. The minimum atomic E-state index is -1.20. The number of halogens is 1. The fourth-order valence-corrected chi connectivity index (χ4v) is 0.484. The molecule has 0 saturated heterocycles. The zero-order valence-electron chi connectivity index (χ0n) is 7.65. The normalized spacial score (nSPS) is 18.0. The van der Waals surface area contributed by atoms with Crippen LogP contribution < -0.4 is 0 Å². The van der Waals surface area contributed by atoms with E-state index in [1.165, 1.54) is 0 Å². The van der Waals surface area contributed by atoms with Gasteiger partial charge in [0.1, 0.15) is 0 Å². The molecule has 0 aliphatic heterocycles. The summed E-state index contributed by atoms with van der Waals surface area (Å²) in [7, 11) is 0. The molecule has 1 atom stereocenters. The third kappa shape index (κ3) is 6.60. The Morgan fingerprint density at radius 1 is 1.36 bits per heavy atom. The second-order valence-electron chi connectivity index (χ2n) is 3.67. The molecular formula is C8H17ClO2. The lowest BCUT2D eigenvalue weighted by molar-refractivity contribution is -0.0650. The highest BCUT2D eigenvalue weighted by Crippen LogP contribution is 2.19. The molecule has 0 aromatic heterocycles. The van der Waals surface area contributed by atoms with Crippen LogP contribution in [0, 0.1) is 0 Å². The van der Waals surface area contributed by atoms with Gasteiger partial charge in [-0.1, -0.05) is 18.5 Å². The van der Waals surface area contributed by atoms with Crippen LogP contribution in [0.4, 0.5) is 0 Å². The summed E-state index contributed by atoms with van der Waals surface area (Å²) in [6.07, 6.45) is 0.491. The van der Waals surface area contributed by atoms with Gasteiger partial charge in [-0.3, -0.25) is 0 Å². The van der Waals surface area contributed by atoms with E-state index in [0.717, 1.165) is 0 Å². The molecule has 0 bridgehead atoms. The minimum Gasteiger partial charge on any atom is -0.373 e. The lowest BCUT2D eigenvalue weighted by atomic mass is 10.2. The third-order valence-electron chi connectivity index (χ3n) is 1.27. The molecule has 1 unspecified atom stereocenters. The zero-order chi connectivity index (χ0) is 9.12. The number of rotatable bonds is 3. The van der Waals surface area contributed by atoms with Crippen LogP contribution in [0.2, 0.25) is 0 Å². The van der Waals surface area contributed by atoms with Crippen molar-refractivity contribution in [1.29, 1.82) is 0 Å². The van der Waals surface area contributed by atoms with E-state index in [2.05, 4.69) is 0 Å². The van der Waals surface area contributed by atoms with Gasteiger partial charge in [-0.05, 0) is 27.2 Å². The Balaban J connectivity index is 3.70. The van der Waals surface area contributed by atoms with Gasteiger partial charge in [0, 0.05) is 0 Å². The van der Waals surface area contributed by atoms with Gasteiger partial charge in [0.2, 0.25) is 0 Å². The van der Waals surface area contributed by atoms with Gasteiger partial charge >= 0.3 is 0 Å². The molecule has 68 valence electrons. The maximum absolute atomic E-state index is 9.33. The van der Waals surface area contributed by atoms with Gasteiger partial charge in [0.05, 0.1) is 12.2 Å². The van der Waals surface area contributed by atoms with Crippen LogP contribution in [0.25, 0.3) is 0 Å². The molecule has 11 heavy (non-hydrogen) atoms. The van der Waals surface area contributed by atoms with Gasteiger partial charge in [0.15, 0.2) is 5.06 Å². The molecule has 0 spiro atoms. The topological polar surface area (TPSA) is 29.5 Å². The van der Waals surface area contributed by atoms with Crippen LogP contribution in [0.3, 0.4) is 0 Å². The zero-order valence-corrected chi connectivity index (χ0v) is 8.40. The monoisotopic (exact) mass is 180 g/mol. The predicted octanol–water partition coefficient (Wildman–Crippen LogP) is 2.14. The van der Waals surface area contributed by atoms with Gasteiger partial charge in [-0.15, -0.1) is 0 Å². The molecule has 0 aromatic carbocycles. The van der Waals surface area contributed by atoms with Crippen molar-refractivity contribution in [2.24, 2.45) is 0 Å². The molecule has 0 rings (SSSR count). The second-order valence-corrected chi connectivity index (χ2v) is 4.38. The largest absolute Gasteiger partial charge is 0.373 e. The SMILES string of the molecule is CCC(O)(Cl)COC(C)(C)C. The highest BCUT2D eigenvalue weighted by Gasteiger charge is 2.24. The van der Waals surface area contributed by atoms with Crippen molar-refractivity contribution in [2.75, 3.05) is 6.61 Å². The second kappa shape index (κ2) is 3.74. The third-order valence-corrected chi connectivity index (χ3v) is 1.64. The first-order valence-corrected chi connectivity index (χ1v) is 4.20. The minimum absolute atomic E-state index is 0.175. The maximum Gasteiger partial charge on any atom is 0.161 e. The highest BCUT2D eigenvalue weighted by molar-refractivity contribution is 6.22. The molecule has 0 radical (unpaired) electrons. The van der Waals surface area contributed by atoms with Crippen molar-refractivity contribution >= 4 is 11.6 Å². The molecule has 0 aliphatic rings. The van der Waals surface area contributed by atoms with Crippen molar-refractivity contribution in [2.45, 2.75) is 44.8 Å². The van der Waals surface area contributed by atoms with Crippen LogP contribution in [0.1, 0.15) is 34.1 Å². The summed E-state index contributed by atoms with van der Waals surface area (Å²) in [4.78, 5) is 0. The summed E-state index contributed by atoms with van der Waals surface area (Å²) >= 11 is 5.66. The van der Waals surface area contributed by atoms with Crippen LogP contribution in [-0.2, 0) is 4.74 Å². The lowest BCUT2D eigenvalue weighted by Gasteiger charge is -2.25. The van der Waals surface area contributed by atoms with E-state index in [1.54, 1.807) is 0 Å². The lowest BCUT2D eigenvalue weighted by Crippen LogP contribution is -2.32. The quantitative estimate of drug-likeness (QED) is 0.675. The maximum atomic E-state index is 9.33. The van der Waals surface area contributed by atoms with E-state index in [0.29, 0.717) is 6.42 Å². The summed E-state index contributed by atoms with van der Waals surface area (Å²) in [6.45, 7) is 7.77. The molecule has 0 fully saturated rings. The molecule has 3 heteroatoms. The molecule has 0 amide bonds. The molecule has 0 aromatic rings. The summed E-state index contributed by atoms with van der Waals surface area (Å²) in [6, 6.07) is 0. The average Bonchev–Trinajstić information content (AvgIpc) is 1.83. The van der Waals surface area contributed by atoms with Crippen molar-refractivity contribution in [3.8, 4) is 0 Å². The molecule has 0 aliphatic carbocycles. The van der Waals surface area contributed by atoms with Gasteiger partial charge in [-0.25, -0.2) is 0 Å². The first kappa shape index (κ1) is 11.2. The van der Waals surface area contributed by atoms with Crippen LogP contribution in [-0.4, -0.2) is 22.4 Å². The van der Waals surface area contributed by atoms with Crippen LogP contribution in [0.5, 0.6) is 0 Å². The molecule has 0 saturated carbocycles. The number of alkyl halides is 1. The fourth-order valence-electron chi connectivity index (χ4n) is 0.429. The van der Waals surface area contributed by atoms with Crippen LogP contribution in [0.15, 0.2) is 0 Å². The van der Waals surface area contributed by atoms with E-state index >= 15 is 0 Å². The van der Waals surface area contributed by atoms with Crippen molar-refractivity contribution in [1.82, 2.24) is 0 Å². The van der Waals surface area contributed by atoms with Gasteiger partial charge < -0.3 is 9.84 Å². The van der Waals surface area contributed by atoms with Crippen LogP contribution >= 0.6 is 11.6 Å². The molecule has 1 N–H and O–H groups in total. The molecule has 0 heterocycles. The Morgan fingerprint density at radius 3 is 2.09 bits per heavy atom. The smallest absolute Gasteiger partial charge is 0.161 e. The van der Waals surface area contributed by atoms with E-state index in [4.69, 9.17) is 16.3 Å². The summed E-state index contributed by atoms with van der Waals surface area (Å²) in [5.74, 6) is 0. The Morgan fingerprint density at radius 2 is 1.82 bits per heavy atom. The van der Waals surface area contributed by atoms with Crippen molar-refractivity contribution < 1.29 is 9.84 Å². The molecular weight excluding hydrogens is 164 g/mol. The Kier molecular flexibility index (Phi) is 3.82. The Hall–Kier alpha value is 0.210. The number of hydrogen-bond acceptors (Lipinski definition) is 2. The van der Waals surface area contributed by atoms with Gasteiger partial charge in [-0.2, -0.15) is 0 Å². The summed E-state index contributed by atoms with van der Waals surface area (Å²) < 4.78 is 5.30. The summed E-state index contributed by atoms with van der Waals surface area (Å²) in [5, 5.41) is 8.13.